The zero-order valence-electron chi connectivity index (χ0n) is 10.7. The summed E-state index contributed by atoms with van der Waals surface area (Å²) in [5, 5.41) is 4.25. The van der Waals surface area contributed by atoms with E-state index in [1.165, 1.54) is 11.3 Å². The van der Waals surface area contributed by atoms with E-state index in [1.54, 1.807) is 11.8 Å². The fourth-order valence-corrected chi connectivity index (χ4v) is 3.72. The van der Waals surface area contributed by atoms with Crippen LogP contribution in [-0.2, 0) is 0 Å². The van der Waals surface area contributed by atoms with Crippen LogP contribution in [0.4, 0.5) is 5.69 Å². The highest BCUT2D eigenvalue weighted by Crippen LogP contribution is 2.38. The van der Waals surface area contributed by atoms with Crippen LogP contribution in [0.25, 0.3) is 10.1 Å². The molecule has 1 amide bonds. The van der Waals surface area contributed by atoms with Crippen molar-refractivity contribution in [2.24, 2.45) is 0 Å². The molecule has 1 atom stereocenters. The quantitative estimate of drug-likeness (QED) is 0.875. The van der Waals surface area contributed by atoms with Gasteiger partial charge in [0.05, 0.1) is 5.69 Å². The van der Waals surface area contributed by atoms with E-state index in [0.717, 1.165) is 14.6 Å². The van der Waals surface area contributed by atoms with Crippen molar-refractivity contribution >= 4 is 60.7 Å². The monoisotopic (exact) mass is 358 g/mol. The SMILES string of the molecule is CSC(C)CNC(=O)c1sc2cccc(Br)c2c1N. The molecule has 2 rings (SSSR count). The Morgan fingerprint density at radius 1 is 1.58 bits per heavy atom. The van der Waals surface area contributed by atoms with Gasteiger partial charge >= 0.3 is 0 Å². The fraction of sp³-hybridized carbons (Fsp3) is 0.308. The Morgan fingerprint density at radius 3 is 2.95 bits per heavy atom. The molecule has 1 heterocycles. The zero-order valence-corrected chi connectivity index (χ0v) is 13.9. The highest BCUT2D eigenvalue weighted by molar-refractivity contribution is 9.10. The molecule has 0 saturated carbocycles. The molecule has 0 aliphatic heterocycles. The van der Waals surface area contributed by atoms with E-state index in [4.69, 9.17) is 5.73 Å². The number of nitrogen functional groups attached to an aromatic ring is 1. The van der Waals surface area contributed by atoms with Crippen LogP contribution in [-0.4, -0.2) is 24.0 Å². The molecule has 0 saturated heterocycles. The van der Waals surface area contributed by atoms with Gasteiger partial charge in [-0.05, 0) is 18.4 Å². The molecule has 6 heteroatoms. The first-order valence-electron chi connectivity index (χ1n) is 5.82. The molecular formula is C13H15BrN2OS2. The third-order valence-electron chi connectivity index (χ3n) is 2.86. The molecule has 0 fully saturated rings. The standard InChI is InChI=1S/C13H15BrN2OS2/c1-7(18-2)6-16-13(17)12-11(15)10-8(14)4-3-5-9(10)19-12/h3-5,7H,6,15H2,1-2H3,(H,16,17). The maximum absolute atomic E-state index is 12.2. The largest absolute Gasteiger partial charge is 0.397 e. The average molecular weight is 359 g/mol. The summed E-state index contributed by atoms with van der Waals surface area (Å²) in [6.07, 6.45) is 2.03. The number of benzene rings is 1. The Hall–Kier alpha value is -0.720. The van der Waals surface area contributed by atoms with Crippen molar-refractivity contribution in [2.75, 3.05) is 18.5 Å². The van der Waals surface area contributed by atoms with E-state index in [1.807, 2.05) is 24.5 Å². The normalized spacial score (nSPS) is 12.6. The van der Waals surface area contributed by atoms with Crippen LogP contribution < -0.4 is 11.1 Å². The third kappa shape index (κ3) is 3.07. The molecule has 0 bridgehead atoms. The lowest BCUT2D eigenvalue weighted by atomic mass is 10.2. The van der Waals surface area contributed by atoms with Gasteiger partial charge in [-0.25, -0.2) is 0 Å². The smallest absolute Gasteiger partial charge is 0.263 e. The van der Waals surface area contributed by atoms with Gasteiger partial charge in [-0.3, -0.25) is 4.79 Å². The summed E-state index contributed by atoms with van der Waals surface area (Å²) < 4.78 is 1.95. The van der Waals surface area contributed by atoms with E-state index >= 15 is 0 Å². The van der Waals surface area contributed by atoms with Crippen molar-refractivity contribution in [3.63, 3.8) is 0 Å². The molecule has 3 nitrogen and oxygen atoms in total. The summed E-state index contributed by atoms with van der Waals surface area (Å²) in [4.78, 5) is 12.8. The van der Waals surface area contributed by atoms with E-state index in [-0.39, 0.29) is 5.91 Å². The number of hydrogen-bond acceptors (Lipinski definition) is 4. The predicted molar refractivity (Wildman–Crippen MR) is 89.2 cm³/mol. The zero-order chi connectivity index (χ0) is 14.0. The second-order valence-electron chi connectivity index (χ2n) is 4.21. The van der Waals surface area contributed by atoms with Gasteiger partial charge in [-0.2, -0.15) is 11.8 Å². The Kier molecular flexibility index (Phi) is 4.76. The third-order valence-corrected chi connectivity index (χ3v) is 5.66. The number of thioether (sulfide) groups is 1. The average Bonchev–Trinajstić information content (AvgIpc) is 2.74. The summed E-state index contributed by atoms with van der Waals surface area (Å²) in [5.41, 5.74) is 6.65. The van der Waals surface area contributed by atoms with Crippen LogP contribution in [0.1, 0.15) is 16.6 Å². The maximum Gasteiger partial charge on any atom is 0.263 e. The molecule has 19 heavy (non-hydrogen) atoms. The van der Waals surface area contributed by atoms with Crippen LogP contribution in [0, 0.1) is 0 Å². The van der Waals surface area contributed by atoms with Gasteiger partial charge < -0.3 is 11.1 Å². The minimum Gasteiger partial charge on any atom is -0.397 e. The number of halogens is 1. The number of carbonyl (C=O) groups is 1. The van der Waals surface area contributed by atoms with Crippen LogP contribution >= 0.6 is 39.0 Å². The molecule has 2 aromatic rings. The first-order valence-corrected chi connectivity index (χ1v) is 8.71. The number of fused-ring (bicyclic) bond motifs is 1. The second-order valence-corrected chi connectivity index (χ2v) is 7.40. The Morgan fingerprint density at radius 2 is 2.32 bits per heavy atom. The van der Waals surface area contributed by atoms with Gasteiger partial charge in [0.2, 0.25) is 0 Å². The lowest BCUT2D eigenvalue weighted by Crippen LogP contribution is -2.29. The number of thiophene rings is 1. The number of nitrogens with one attached hydrogen (secondary N) is 1. The molecule has 3 N–H and O–H groups in total. The van der Waals surface area contributed by atoms with E-state index in [0.29, 0.717) is 22.4 Å². The van der Waals surface area contributed by atoms with Gasteiger partial charge in [0, 0.05) is 26.4 Å². The lowest BCUT2D eigenvalue weighted by molar-refractivity contribution is 0.0959. The van der Waals surface area contributed by atoms with Crippen molar-refractivity contribution in [3.05, 3.63) is 27.5 Å². The Balaban J connectivity index is 2.28. The van der Waals surface area contributed by atoms with Crippen LogP contribution in [0.15, 0.2) is 22.7 Å². The number of rotatable bonds is 4. The Labute approximate surface area is 129 Å². The topological polar surface area (TPSA) is 55.1 Å². The summed E-state index contributed by atoms with van der Waals surface area (Å²) in [5.74, 6) is -0.0912. The highest BCUT2D eigenvalue weighted by atomic mass is 79.9. The molecule has 102 valence electrons. The van der Waals surface area contributed by atoms with Crippen molar-refractivity contribution in [2.45, 2.75) is 12.2 Å². The van der Waals surface area contributed by atoms with Gasteiger partial charge in [0.25, 0.3) is 5.91 Å². The van der Waals surface area contributed by atoms with Gasteiger partial charge in [0.1, 0.15) is 4.88 Å². The predicted octanol–water partition coefficient (Wildman–Crippen LogP) is 3.73. The molecule has 0 aliphatic carbocycles. The van der Waals surface area contributed by atoms with Gasteiger partial charge in [-0.15, -0.1) is 11.3 Å². The van der Waals surface area contributed by atoms with Crippen LogP contribution in [0.5, 0.6) is 0 Å². The maximum atomic E-state index is 12.2. The van der Waals surface area contributed by atoms with Gasteiger partial charge in [0.15, 0.2) is 0 Å². The fourth-order valence-electron chi connectivity index (χ4n) is 1.70. The summed E-state index contributed by atoms with van der Waals surface area (Å²) in [6, 6.07) is 5.85. The Bertz CT molecular complexity index is 612. The van der Waals surface area contributed by atoms with Crippen molar-refractivity contribution in [3.8, 4) is 0 Å². The number of carbonyl (C=O) groups excluding carboxylic acids is 1. The summed E-state index contributed by atoms with van der Waals surface area (Å²) >= 11 is 6.63. The van der Waals surface area contributed by atoms with Crippen molar-refractivity contribution in [1.82, 2.24) is 5.32 Å². The van der Waals surface area contributed by atoms with Crippen LogP contribution in [0.2, 0.25) is 0 Å². The van der Waals surface area contributed by atoms with Crippen molar-refractivity contribution in [1.29, 1.82) is 0 Å². The van der Waals surface area contributed by atoms with E-state index in [2.05, 4.69) is 28.2 Å². The minimum atomic E-state index is -0.0912. The first kappa shape index (κ1) is 14.7. The van der Waals surface area contributed by atoms with Gasteiger partial charge in [-0.1, -0.05) is 28.9 Å². The lowest BCUT2D eigenvalue weighted by Gasteiger charge is -2.09. The molecule has 1 unspecified atom stereocenters. The van der Waals surface area contributed by atoms with E-state index < -0.39 is 0 Å². The number of hydrogen-bond donors (Lipinski definition) is 2. The van der Waals surface area contributed by atoms with E-state index in [9.17, 15) is 4.79 Å². The number of nitrogens with two attached hydrogens (primary N) is 1. The molecule has 1 aromatic carbocycles. The summed E-state index contributed by atoms with van der Waals surface area (Å²) in [6.45, 7) is 2.73. The summed E-state index contributed by atoms with van der Waals surface area (Å²) in [7, 11) is 0. The molecule has 0 spiro atoms. The number of amides is 1. The first-order chi connectivity index (χ1) is 9.04. The molecule has 0 radical (unpaired) electrons. The highest BCUT2D eigenvalue weighted by Gasteiger charge is 2.18. The minimum absolute atomic E-state index is 0.0912. The second kappa shape index (κ2) is 6.15. The molecule has 0 aliphatic rings. The molecular weight excluding hydrogens is 344 g/mol. The number of anilines is 1. The van der Waals surface area contributed by atoms with Crippen LogP contribution in [0.3, 0.4) is 0 Å². The molecule has 1 aromatic heterocycles. The van der Waals surface area contributed by atoms with Crippen molar-refractivity contribution < 1.29 is 4.79 Å².